The van der Waals surface area contributed by atoms with Gasteiger partial charge in [-0.2, -0.15) is 0 Å². The second kappa shape index (κ2) is 2.91. The van der Waals surface area contributed by atoms with E-state index in [2.05, 4.69) is 41.6 Å². The summed E-state index contributed by atoms with van der Waals surface area (Å²) in [6.07, 6.45) is 1.10. The van der Waals surface area contributed by atoms with Crippen LogP contribution in [0, 0.1) is 0 Å². The van der Waals surface area contributed by atoms with Crippen LogP contribution in [-0.2, 0) is 3.42 Å². The fourth-order valence-corrected chi connectivity index (χ4v) is 2.18. The molecule has 1 aliphatic rings. The molecule has 0 fully saturated rings. The van der Waals surface area contributed by atoms with Crippen LogP contribution in [0.15, 0.2) is 24.3 Å². The summed E-state index contributed by atoms with van der Waals surface area (Å²) in [5.41, 5.74) is 1.33. The molecule has 1 nitrogen and oxygen atoms in total. The van der Waals surface area contributed by atoms with Gasteiger partial charge in [0, 0.05) is 5.56 Å². The van der Waals surface area contributed by atoms with Crippen molar-refractivity contribution in [3.8, 4) is 5.75 Å². The lowest BCUT2D eigenvalue weighted by Crippen LogP contribution is -2.23. The predicted molar refractivity (Wildman–Crippen MR) is 57.9 cm³/mol. The standard InChI is InChI=1S/C10H11IO/c1-10(11)6-7-12-9-5-3-2-4-8(9)10/h2-5H,6-7H2,1H3. The molecule has 64 valence electrons. The first-order valence-corrected chi connectivity index (χ1v) is 5.19. The van der Waals surface area contributed by atoms with E-state index in [9.17, 15) is 0 Å². The van der Waals surface area contributed by atoms with Crippen molar-refractivity contribution < 1.29 is 4.74 Å². The molecule has 1 unspecified atom stereocenters. The highest BCUT2D eigenvalue weighted by molar-refractivity contribution is 14.1. The molecule has 0 aliphatic carbocycles. The van der Waals surface area contributed by atoms with Crippen LogP contribution in [0.1, 0.15) is 18.9 Å². The largest absolute Gasteiger partial charge is 0.493 e. The Balaban J connectivity index is 2.52. The van der Waals surface area contributed by atoms with Gasteiger partial charge in [0.25, 0.3) is 0 Å². The fourth-order valence-electron chi connectivity index (χ4n) is 1.51. The van der Waals surface area contributed by atoms with E-state index in [4.69, 9.17) is 4.74 Å². The van der Waals surface area contributed by atoms with Crippen LogP contribution in [0.25, 0.3) is 0 Å². The Kier molecular flexibility index (Phi) is 2.02. The average molecular weight is 274 g/mol. The van der Waals surface area contributed by atoms with E-state index in [-0.39, 0.29) is 3.42 Å². The van der Waals surface area contributed by atoms with Crippen molar-refractivity contribution in [1.82, 2.24) is 0 Å². The molecule has 2 heteroatoms. The van der Waals surface area contributed by atoms with Gasteiger partial charge in [-0.15, -0.1) is 0 Å². The zero-order valence-corrected chi connectivity index (χ0v) is 9.17. The third-order valence-corrected chi connectivity index (χ3v) is 3.40. The monoisotopic (exact) mass is 274 g/mol. The lowest BCUT2D eigenvalue weighted by molar-refractivity contribution is 0.267. The van der Waals surface area contributed by atoms with Gasteiger partial charge in [-0.25, -0.2) is 0 Å². The number of hydrogen-bond donors (Lipinski definition) is 0. The molecule has 0 amide bonds. The molecule has 2 rings (SSSR count). The van der Waals surface area contributed by atoms with Crippen molar-refractivity contribution in [2.24, 2.45) is 0 Å². The molecule has 0 radical (unpaired) electrons. The quantitative estimate of drug-likeness (QED) is 0.521. The first-order chi connectivity index (χ1) is 5.70. The maximum atomic E-state index is 5.55. The smallest absolute Gasteiger partial charge is 0.123 e. The lowest BCUT2D eigenvalue weighted by atomic mass is 9.95. The van der Waals surface area contributed by atoms with Gasteiger partial charge < -0.3 is 4.74 Å². The minimum absolute atomic E-state index is 0.257. The number of fused-ring (bicyclic) bond motifs is 1. The highest BCUT2D eigenvalue weighted by atomic mass is 127. The van der Waals surface area contributed by atoms with Crippen LogP contribution in [0.5, 0.6) is 5.75 Å². The van der Waals surface area contributed by atoms with Gasteiger partial charge in [0.15, 0.2) is 0 Å². The topological polar surface area (TPSA) is 9.23 Å². The molecule has 1 aromatic rings. The van der Waals surface area contributed by atoms with E-state index in [0.717, 1.165) is 18.8 Å². The Morgan fingerprint density at radius 3 is 2.92 bits per heavy atom. The lowest BCUT2D eigenvalue weighted by Gasteiger charge is -2.30. The Morgan fingerprint density at radius 2 is 2.17 bits per heavy atom. The predicted octanol–water partition coefficient (Wildman–Crippen LogP) is 3.12. The molecule has 1 aromatic carbocycles. The van der Waals surface area contributed by atoms with E-state index >= 15 is 0 Å². The number of para-hydroxylation sites is 1. The summed E-state index contributed by atoms with van der Waals surface area (Å²) in [6, 6.07) is 8.30. The van der Waals surface area contributed by atoms with E-state index in [1.165, 1.54) is 5.56 Å². The van der Waals surface area contributed by atoms with Crippen LogP contribution in [0.2, 0.25) is 0 Å². The van der Waals surface area contributed by atoms with E-state index < -0.39 is 0 Å². The van der Waals surface area contributed by atoms with Crippen LogP contribution < -0.4 is 4.74 Å². The Hall–Kier alpha value is -0.250. The number of rotatable bonds is 0. The number of alkyl halides is 1. The van der Waals surface area contributed by atoms with Gasteiger partial charge >= 0.3 is 0 Å². The first kappa shape index (κ1) is 8.35. The Bertz CT molecular complexity index is 294. The molecule has 0 bridgehead atoms. The Labute approximate surface area is 86.3 Å². The summed E-state index contributed by atoms with van der Waals surface area (Å²) >= 11 is 2.50. The molecule has 0 aromatic heterocycles. The van der Waals surface area contributed by atoms with Crippen molar-refractivity contribution in [2.45, 2.75) is 16.8 Å². The third-order valence-electron chi connectivity index (χ3n) is 2.28. The summed E-state index contributed by atoms with van der Waals surface area (Å²) in [5.74, 6) is 1.06. The number of benzene rings is 1. The third kappa shape index (κ3) is 1.32. The van der Waals surface area contributed by atoms with Crippen LogP contribution in [-0.4, -0.2) is 6.61 Å². The van der Waals surface area contributed by atoms with E-state index in [0.29, 0.717) is 0 Å². The van der Waals surface area contributed by atoms with E-state index in [1.807, 2.05) is 12.1 Å². The molecule has 12 heavy (non-hydrogen) atoms. The van der Waals surface area contributed by atoms with Gasteiger partial charge in [0.2, 0.25) is 0 Å². The van der Waals surface area contributed by atoms with Gasteiger partial charge in [0.1, 0.15) is 5.75 Å². The minimum atomic E-state index is 0.257. The highest BCUT2D eigenvalue weighted by Crippen LogP contribution is 2.43. The summed E-state index contributed by atoms with van der Waals surface area (Å²) < 4.78 is 5.81. The average Bonchev–Trinajstić information content (AvgIpc) is 2.04. The molecule has 1 aliphatic heterocycles. The summed E-state index contributed by atoms with van der Waals surface area (Å²) in [4.78, 5) is 0. The van der Waals surface area contributed by atoms with E-state index in [1.54, 1.807) is 0 Å². The van der Waals surface area contributed by atoms with Crippen LogP contribution >= 0.6 is 22.6 Å². The van der Waals surface area contributed by atoms with Gasteiger partial charge in [0.05, 0.1) is 10.0 Å². The van der Waals surface area contributed by atoms with Crippen molar-refractivity contribution in [1.29, 1.82) is 0 Å². The Morgan fingerprint density at radius 1 is 1.42 bits per heavy atom. The van der Waals surface area contributed by atoms with Crippen molar-refractivity contribution in [2.75, 3.05) is 6.61 Å². The van der Waals surface area contributed by atoms with Crippen LogP contribution in [0.4, 0.5) is 0 Å². The number of halogens is 1. The van der Waals surface area contributed by atoms with Gasteiger partial charge in [-0.1, -0.05) is 40.8 Å². The number of ether oxygens (including phenoxy) is 1. The van der Waals surface area contributed by atoms with Crippen molar-refractivity contribution in [3.63, 3.8) is 0 Å². The maximum Gasteiger partial charge on any atom is 0.123 e. The molecule has 0 N–H and O–H groups in total. The molecular formula is C10H11IO. The molecule has 1 atom stereocenters. The molecular weight excluding hydrogens is 263 g/mol. The van der Waals surface area contributed by atoms with Crippen molar-refractivity contribution in [3.05, 3.63) is 29.8 Å². The van der Waals surface area contributed by atoms with Gasteiger partial charge in [-0.05, 0) is 19.4 Å². The minimum Gasteiger partial charge on any atom is -0.493 e. The second-order valence-electron chi connectivity index (χ2n) is 3.29. The molecule has 0 spiro atoms. The fraction of sp³-hybridized carbons (Fsp3) is 0.400. The second-order valence-corrected chi connectivity index (χ2v) is 5.67. The zero-order valence-electron chi connectivity index (χ0n) is 7.01. The van der Waals surface area contributed by atoms with Crippen molar-refractivity contribution >= 4 is 22.6 Å². The molecule has 1 heterocycles. The molecule has 0 saturated carbocycles. The van der Waals surface area contributed by atoms with Gasteiger partial charge in [-0.3, -0.25) is 0 Å². The van der Waals surface area contributed by atoms with Crippen LogP contribution in [0.3, 0.4) is 0 Å². The molecule has 0 saturated heterocycles. The maximum absolute atomic E-state index is 5.55. The highest BCUT2D eigenvalue weighted by Gasteiger charge is 2.29. The zero-order chi connectivity index (χ0) is 8.60. The summed E-state index contributed by atoms with van der Waals surface area (Å²) in [5, 5.41) is 0. The number of hydrogen-bond acceptors (Lipinski definition) is 1. The summed E-state index contributed by atoms with van der Waals surface area (Å²) in [7, 11) is 0. The first-order valence-electron chi connectivity index (χ1n) is 4.11. The normalized spacial score (nSPS) is 27.5. The SMILES string of the molecule is CC1(I)CCOc2ccccc21. The summed E-state index contributed by atoms with van der Waals surface area (Å²) in [6.45, 7) is 3.10.